The zero-order valence-corrected chi connectivity index (χ0v) is 16.9. The molecule has 7 heteroatoms. The molecule has 0 aromatic rings. The summed E-state index contributed by atoms with van der Waals surface area (Å²) in [6.45, 7) is 0. The van der Waals surface area contributed by atoms with Gasteiger partial charge in [0.1, 0.15) is 0 Å². The third-order valence-electron chi connectivity index (χ3n) is 4.67. The highest BCUT2D eigenvalue weighted by atomic mass is 17.3. The normalized spacial score (nSPS) is 19.2. The van der Waals surface area contributed by atoms with Gasteiger partial charge in [0.2, 0.25) is 0 Å². The number of carbonyl (C=O) groups is 2. The largest absolute Gasteiger partial charge is 0.469 e. The lowest BCUT2D eigenvalue weighted by atomic mass is 10.1. The summed E-state index contributed by atoms with van der Waals surface area (Å²) in [6.07, 6.45) is 12.5. The molecular weight excluding hydrogens is 352 g/mol. The standard InChI is InChI=1S/C20H36O7/c1-23-17(21)13-9-5-3-7-11-15-19-25-20(27-26-19)16-12-8-4-6-10-14-18(22)24-2/h19-20H,3-16H2,1-2H3/t19-,20-/m1/s1. The molecule has 0 N–H and O–H groups in total. The molecule has 1 rings (SSSR count). The van der Waals surface area contributed by atoms with E-state index in [-0.39, 0.29) is 24.5 Å². The zero-order chi connectivity index (χ0) is 19.7. The summed E-state index contributed by atoms with van der Waals surface area (Å²) in [5.41, 5.74) is 0. The van der Waals surface area contributed by atoms with Gasteiger partial charge in [0.25, 0.3) is 0 Å². The minimum Gasteiger partial charge on any atom is -0.469 e. The van der Waals surface area contributed by atoms with Crippen molar-refractivity contribution in [3.05, 3.63) is 0 Å². The molecular formula is C20H36O7. The van der Waals surface area contributed by atoms with Crippen LogP contribution >= 0.6 is 0 Å². The molecule has 27 heavy (non-hydrogen) atoms. The summed E-state index contributed by atoms with van der Waals surface area (Å²) in [4.78, 5) is 32.5. The molecule has 0 radical (unpaired) electrons. The number of ether oxygens (including phenoxy) is 3. The first-order chi connectivity index (χ1) is 13.2. The molecule has 1 saturated heterocycles. The molecule has 0 amide bonds. The van der Waals surface area contributed by atoms with Crippen molar-refractivity contribution in [1.82, 2.24) is 0 Å². The average molecular weight is 389 g/mol. The Morgan fingerprint density at radius 3 is 1.41 bits per heavy atom. The predicted molar refractivity (Wildman–Crippen MR) is 99.5 cm³/mol. The van der Waals surface area contributed by atoms with Crippen molar-refractivity contribution in [2.75, 3.05) is 14.2 Å². The van der Waals surface area contributed by atoms with Crippen molar-refractivity contribution in [3.63, 3.8) is 0 Å². The van der Waals surface area contributed by atoms with Crippen molar-refractivity contribution in [2.45, 2.75) is 102 Å². The first-order valence-corrected chi connectivity index (χ1v) is 10.3. The molecule has 0 aromatic heterocycles. The van der Waals surface area contributed by atoms with Crippen LogP contribution in [0.3, 0.4) is 0 Å². The fourth-order valence-electron chi connectivity index (χ4n) is 3.00. The first-order valence-electron chi connectivity index (χ1n) is 10.3. The van der Waals surface area contributed by atoms with Gasteiger partial charge in [-0.25, -0.2) is 9.78 Å². The maximum Gasteiger partial charge on any atom is 0.305 e. The molecule has 158 valence electrons. The summed E-state index contributed by atoms with van der Waals surface area (Å²) in [5.74, 6) is -0.265. The maximum absolute atomic E-state index is 11.0. The number of methoxy groups -OCH3 is 2. The van der Waals surface area contributed by atoms with E-state index >= 15 is 0 Å². The van der Waals surface area contributed by atoms with Gasteiger partial charge in [0, 0.05) is 25.7 Å². The van der Waals surface area contributed by atoms with Crippen LogP contribution < -0.4 is 0 Å². The van der Waals surface area contributed by atoms with Crippen LogP contribution in [-0.4, -0.2) is 38.7 Å². The van der Waals surface area contributed by atoms with Crippen molar-refractivity contribution in [1.29, 1.82) is 0 Å². The van der Waals surface area contributed by atoms with E-state index in [2.05, 4.69) is 9.47 Å². The number of unbranched alkanes of at least 4 members (excludes halogenated alkanes) is 8. The van der Waals surface area contributed by atoms with Gasteiger partial charge in [-0.15, -0.1) is 0 Å². The van der Waals surface area contributed by atoms with Gasteiger partial charge in [0.05, 0.1) is 14.2 Å². The molecule has 1 aliphatic heterocycles. The number of hydrogen-bond acceptors (Lipinski definition) is 7. The SMILES string of the molecule is COC(=O)CCCCCCC[C@H]1OO[C@H](CCCCCCCC(=O)OC)O1. The van der Waals surface area contributed by atoms with E-state index < -0.39 is 0 Å². The topological polar surface area (TPSA) is 80.3 Å². The molecule has 0 aromatic carbocycles. The lowest BCUT2D eigenvalue weighted by Crippen LogP contribution is -2.11. The lowest BCUT2D eigenvalue weighted by molar-refractivity contribution is -0.298. The Morgan fingerprint density at radius 1 is 0.630 bits per heavy atom. The van der Waals surface area contributed by atoms with E-state index in [1.807, 2.05) is 0 Å². The minimum absolute atomic E-state index is 0.132. The van der Waals surface area contributed by atoms with Crippen molar-refractivity contribution >= 4 is 11.9 Å². The van der Waals surface area contributed by atoms with E-state index in [0.29, 0.717) is 12.8 Å². The second kappa shape index (κ2) is 15.8. The predicted octanol–water partition coefficient (Wildman–Crippen LogP) is 4.42. The van der Waals surface area contributed by atoms with Gasteiger partial charge in [-0.2, -0.15) is 0 Å². The van der Waals surface area contributed by atoms with Gasteiger partial charge in [0.15, 0.2) is 12.6 Å². The van der Waals surface area contributed by atoms with E-state index in [1.54, 1.807) is 0 Å². The zero-order valence-electron chi connectivity index (χ0n) is 16.9. The molecule has 7 nitrogen and oxygen atoms in total. The summed E-state index contributed by atoms with van der Waals surface area (Å²) >= 11 is 0. The third kappa shape index (κ3) is 12.8. The van der Waals surface area contributed by atoms with Crippen LogP contribution in [-0.2, 0) is 33.6 Å². The molecule has 2 atom stereocenters. The number of hydrogen-bond donors (Lipinski definition) is 0. The van der Waals surface area contributed by atoms with E-state index in [9.17, 15) is 9.59 Å². The quantitative estimate of drug-likeness (QED) is 0.220. The second-order valence-corrected chi connectivity index (χ2v) is 6.95. The van der Waals surface area contributed by atoms with Crippen LogP contribution in [0.2, 0.25) is 0 Å². The number of esters is 2. The number of rotatable bonds is 16. The van der Waals surface area contributed by atoms with Crippen LogP contribution in [0.15, 0.2) is 0 Å². The van der Waals surface area contributed by atoms with Crippen LogP contribution in [0.1, 0.15) is 89.9 Å². The summed E-state index contributed by atoms with van der Waals surface area (Å²) in [5, 5.41) is 0. The van der Waals surface area contributed by atoms with Crippen LogP contribution in [0, 0.1) is 0 Å². The van der Waals surface area contributed by atoms with Crippen LogP contribution in [0.4, 0.5) is 0 Å². The molecule has 0 aliphatic carbocycles. The third-order valence-corrected chi connectivity index (χ3v) is 4.67. The van der Waals surface area contributed by atoms with Crippen molar-refractivity contribution in [2.24, 2.45) is 0 Å². The number of carbonyl (C=O) groups excluding carboxylic acids is 2. The Kier molecular flexibility index (Phi) is 14.0. The highest BCUT2D eigenvalue weighted by molar-refractivity contribution is 5.69. The monoisotopic (exact) mass is 388 g/mol. The van der Waals surface area contributed by atoms with Gasteiger partial charge in [-0.3, -0.25) is 9.59 Å². The fourth-order valence-corrected chi connectivity index (χ4v) is 3.00. The highest BCUT2D eigenvalue weighted by Crippen LogP contribution is 2.23. The van der Waals surface area contributed by atoms with E-state index in [4.69, 9.17) is 14.5 Å². The Labute approximate surface area is 162 Å². The highest BCUT2D eigenvalue weighted by Gasteiger charge is 2.26. The van der Waals surface area contributed by atoms with Crippen LogP contribution in [0.25, 0.3) is 0 Å². The molecule has 1 fully saturated rings. The molecule has 0 saturated carbocycles. The van der Waals surface area contributed by atoms with Gasteiger partial charge in [-0.05, 0) is 25.7 Å². The second-order valence-electron chi connectivity index (χ2n) is 6.95. The fraction of sp³-hybridized carbons (Fsp3) is 0.900. The first kappa shape index (κ1) is 23.9. The Bertz CT molecular complexity index is 364. The van der Waals surface area contributed by atoms with Crippen molar-refractivity contribution < 1.29 is 33.6 Å². The summed E-state index contributed by atoms with van der Waals surface area (Å²) in [6, 6.07) is 0. The molecule has 1 heterocycles. The minimum atomic E-state index is -0.259. The molecule has 0 unspecified atom stereocenters. The van der Waals surface area contributed by atoms with E-state index in [0.717, 1.165) is 77.0 Å². The molecule has 1 aliphatic rings. The summed E-state index contributed by atoms with van der Waals surface area (Å²) < 4.78 is 15.0. The van der Waals surface area contributed by atoms with Gasteiger partial charge < -0.3 is 14.2 Å². The van der Waals surface area contributed by atoms with Crippen molar-refractivity contribution in [3.8, 4) is 0 Å². The van der Waals surface area contributed by atoms with E-state index in [1.165, 1.54) is 14.2 Å². The lowest BCUT2D eigenvalue weighted by Gasteiger charge is -2.08. The average Bonchev–Trinajstić information content (AvgIpc) is 3.13. The molecule has 0 spiro atoms. The molecule has 0 bridgehead atoms. The van der Waals surface area contributed by atoms with Gasteiger partial charge in [-0.1, -0.05) is 38.5 Å². The van der Waals surface area contributed by atoms with Crippen LogP contribution in [0.5, 0.6) is 0 Å². The summed E-state index contributed by atoms with van der Waals surface area (Å²) in [7, 11) is 2.85. The Morgan fingerprint density at radius 2 is 1.00 bits per heavy atom. The van der Waals surface area contributed by atoms with Gasteiger partial charge >= 0.3 is 11.9 Å². The Balaban J connectivity index is 1.87. The Hall–Kier alpha value is -1.18. The maximum atomic E-state index is 11.0. The smallest absolute Gasteiger partial charge is 0.305 e.